The number of aromatic carboxylic acids is 1. The van der Waals surface area contributed by atoms with Crippen LogP contribution in [0.15, 0.2) is 24.4 Å². The van der Waals surface area contributed by atoms with Gasteiger partial charge >= 0.3 is 5.97 Å². The number of aromatic nitrogens is 1. The molecule has 1 heterocycles. The van der Waals surface area contributed by atoms with Crippen molar-refractivity contribution in [1.82, 2.24) is 4.98 Å². The van der Waals surface area contributed by atoms with Gasteiger partial charge in [0, 0.05) is 18.3 Å². The third-order valence-electron chi connectivity index (χ3n) is 2.45. The number of nitro benzene ring substituents is 1. The van der Waals surface area contributed by atoms with E-state index in [4.69, 9.17) is 9.84 Å². The quantitative estimate of drug-likeness (QED) is 0.671. The van der Waals surface area contributed by atoms with E-state index in [1.165, 1.54) is 17.4 Å². The highest BCUT2D eigenvalue weighted by molar-refractivity contribution is 7.11. The fraction of sp³-hybridized carbons (Fsp3) is 0.167. The normalized spacial score (nSPS) is 10.2. The predicted octanol–water partition coefficient (Wildman–Crippen LogP) is 2.64. The molecule has 104 valence electrons. The summed E-state index contributed by atoms with van der Waals surface area (Å²) in [6, 6.07) is 3.64. The Morgan fingerprint density at radius 2 is 2.30 bits per heavy atom. The molecule has 20 heavy (non-hydrogen) atoms. The van der Waals surface area contributed by atoms with Gasteiger partial charge in [-0.3, -0.25) is 10.1 Å². The monoisotopic (exact) mass is 294 g/mol. The number of thiazole rings is 1. The molecule has 1 N–H and O–H groups in total. The molecule has 0 aliphatic rings. The molecule has 8 heteroatoms. The van der Waals surface area contributed by atoms with Crippen LogP contribution in [0.1, 0.15) is 20.2 Å². The number of carboxylic acid groups (broad SMARTS) is 1. The average Bonchev–Trinajstić information content (AvgIpc) is 2.81. The summed E-state index contributed by atoms with van der Waals surface area (Å²) in [5.41, 5.74) is -0.855. The second-order valence-electron chi connectivity index (χ2n) is 3.88. The molecular weight excluding hydrogens is 284 g/mol. The van der Waals surface area contributed by atoms with Crippen molar-refractivity contribution in [2.24, 2.45) is 0 Å². The van der Waals surface area contributed by atoms with Crippen LogP contribution in [0.3, 0.4) is 0 Å². The number of hydrogen-bond donors (Lipinski definition) is 1. The molecule has 1 aromatic carbocycles. The first-order chi connectivity index (χ1) is 9.47. The first kappa shape index (κ1) is 13.9. The largest absolute Gasteiger partial charge is 0.488 e. The van der Waals surface area contributed by atoms with Crippen LogP contribution in [0.4, 0.5) is 5.69 Å². The van der Waals surface area contributed by atoms with Crippen molar-refractivity contribution in [1.29, 1.82) is 0 Å². The van der Waals surface area contributed by atoms with Gasteiger partial charge in [-0.2, -0.15) is 0 Å². The molecule has 0 radical (unpaired) electrons. The van der Waals surface area contributed by atoms with Crippen molar-refractivity contribution in [3.63, 3.8) is 0 Å². The van der Waals surface area contributed by atoms with Gasteiger partial charge in [-0.15, -0.1) is 11.3 Å². The number of carbonyl (C=O) groups is 1. The van der Waals surface area contributed by atoms with E-state index in [9.17, 15) is 14.9 Å². The van der Waals surface area contributed by atoms with E-state index >= 15 is 0 Å². The van der Waals surface area contributed by atoms with Gasteiger partial charge in [0.25, 0.3) is 5.69 Å². The van der Waals surface area contributed by atoms with Gasteiger partial charge < -0.3 is 9.84 Å². The maximum Gasteiger partial charge on any atom is 0.342 e. The molecule has 0 bridgehead atoms. The Labute approximate surface area is 117 Å². The van der Waals surface area contributed by atoms with Crippen molar-refractivity contribution in [2.45, 2.75) is 13.5 Å². The Kier molecular flexibility index (Phi) is 3.94. The number of rotatable bonds is 5. The molecule has 0 aliphatic heterocycles. The second kappa shape index (κ2) is 5.66. The van der Waals surface area contributed by atoms with Crippen LogP contribution in [0.2, 0.25) is 0 Å². The van der Waals surface area contributed by atoms with Crippen molar-refractivity contribution in [2.75, 3.05) is 0 Å². The molecule has 0 amide bonds. The van der Waals surface area contributed by atoms with Crippen LogP contribution in [0.25, 0.3) is 0 Å². The van der Waals surface area contributed by atoms with Crippen molar-refractivity contribution >= 4 is 23.0 Å². The van der Waals surface area contributed by atoms with E-state index in [1.807, 2.05) is 6.92 Å². The summed E-state index contributed by atoms with van der Waals surface area (Å²) in [7, 11) is 0. The Morgan fingerprint density at radius 3 is 2.85 bits per heavy atom. The van der Waals surface area contributed by atoms with E-state index in [2.05, 4.69) is 4.98 Å². The third-order valence-corrected chi connectivity index (χ3v) is 3.33. The molecule has 0 atom stereocenters. The van der Waals surface area contributed by atoms with Gasteiger partial charge in [0.1, 0.15) is 17.9 Å². The first-order valence-electron chi connectivity index (χ1n) is 5.53. The summed E-state index contributed by atoms with van der Waals surface area (Å²) in [6.07, 6.45) is 1.67. The fourth-order valence-electron chi connectivity index (χ4n) is 1.56. The summed E-state index contributed by atoms with van der Waals surface area (Å²) in [4.78, 5) is 25.9. The molecule has 0 saturated heterocycles. The molecule has 0 unspecified atom stereocenters. The maximum atomic E-state index is 11.0. The van der Waals surface area contributed by atoms with E-state index < -0.39 is 22.1 Å². The lowest BCUT2D eigenvalue weighted by molar-refractivity contribution is -0.385. The van der Waals surface area contributed by atoms with Crippen LogP contribution in [0, 0.1) is 17.0 Å². The third kappa shape index (κ3) is 3.09. The van der Waals surface area contributed by atoms with Crippen LogP contribution in [0.5, 0.6) is 5.75 Å². The number of hydrogen-bond acceptors (Lipinski definition) is 6. The highest BCUT2D eigenvalue weighted by Gasteiger charge is 2.20. The highest BCUT2D eigenvalue weighted by atomic mass is 32.1. The first-order valence-corrected chi connectivity index (χ1v) is 6.35. The predicted molar refractivity (Wildman–Crippen MR) is 71.2 cm³/mol. The Morgan fingerprint density at radius 1 is 1.55 bits per heavy atom. The van der Waals surface area contributed by atoms with Gasteiger partial charge in [0.2, 0.25) is 0 Å². The van der Waals surface area contributed by atoms with Gasteiger partial charge in [-0.1, -0.05) is 0 Å². The summed E-state index contributed by atoms with van der Waals surface area (Å²) in [5.74, 6) is -1.10. The summed E-state index contributed by atoms with van der Waals surface area (Å²) in [6.45, 7) is 2.10. The van der Waals surface area contributed by atoms with Crippen LogP contribution < -0.4 is 4.74 Å². The zero-order valence-corrected chi connectivity index (χ0v) is 11.2. The lowest BCUT2D eigenvalue weighted by Crippen LogP contribution is -2.03. The Balaban J connectivity index is 2.18. The molecule has 0 spiro atoms. The number of aryl methyl sites for hydroxylation is 1. The SMILES string of the molecule is Cc1ncc(COc2ccc([N+](=O)[O-])c(C(=O)O)c2)s1. The van der Waals surface area contributed by atoms with Gasteiger partial charge in [-0.05, 0) is 13.0 Å². The number of ether oxygens (including phenoxy) is 1. The zero-order chi connectivity index (χ0) is 14.7. The number of carboxylic acids is 1. The summed E-state index contributed by atoms with van der Waals surface area (Å²) < 4.78 is 5.42. The lowest BCUT2D eigenvalue weighted by atomic mass is 10.1. The van der Waals surface area contributed by atoms with Crippen molar-refractivity contribution in [3.8, 4) is 5.75 Å². The Bertz CT molecular complexity index is 668. The van der Waals surface area contributed by atoms with Crippen LogP contribution in [-0.4, -0.2) is 21.0 Å². The molecule has 7 nitrogen and oxygen atoms in total. The van der Waals surface area contributed by atoms with Gasteiger partial charge in [0.05, 0.1) is 14.8 Å². The minimum Gasteiger partial charge on any atom is -0.488 e. The minimum atomic E-state index is -1.37. The topological polar surface area (TPSA) is 103 Å². The van der Waals surface area contributed by atoms with Crippen LogP contribution >= 0.6 is 11.3 Å². The van der Waals surface area contributed by atoms with Gasteiger partial charge in [0.15, 0.2) is 0 Å². The van der Waals surface area contributed by atoms with E-state index in [0.717, 1.165) is 22.0 Å². The molecule has 2 aromatic rings. The fourth-order valence-corrected chi connectivity index (χ4v) is 2.27. The minimum absolute atomic E-state index is 0.238. The lowest BCUT2D eigenvalue weighted by Gasteiger charge is -2.05. The number of benzene rings is 1. The average molecular weight is 294 g/mol. The molecule has 0 aliphatic carbocycles. The van der Waals surface area contributed by atoms with E-state index in [-0.39, 0.29) is 12.4 Å². The van der Waals surface area contributed by atoms with Gasteiger partial charge in [-0.25, -0.2) is 9.78 Å². The smallest absolute Gasteiger partial charge is 0.342 e. The summed E-state index contributed by atoms with van der Waals surface area (Å²) in [5, 5.41) is 20.6. The highest BCUT2D eigenvalue weighted by Crippen LogP contribution is 2.25. The number of nitrogens with zero attached hydrogens (tertiary/aromatic N) is 2. The maximum absolute atomic E-state index is 11.0. The van der Waals surface area contributed by atoms with E-state index in [1.54, 1.807) is 6.20 Å². The zero-order valence-electron chi connectivity index (χ0n) is 10.4. The van der Waals surface area contributed by atoms with Crippen molar-refractivity contribution in [3.05, 3.63) is 50.0 Å². The molecule has 1 aromatic heterocycles. The molecule has 2 rings (SSSR count). The van der Waals surface area contributed by atoms with Crippen LogP contribution in [-0.2, 0) is 6.61 Å². The second-order valence-corrected chi connectivity index (χ2v) is 5.19. The van der Waals surface area contributed by atoms with E-state index in [0.29, 0.717) is 0 Å². The summed E-state index contributed by atoms with van der Waals surface area (Å²) >= 11 is 1.46. The Hall–Kier alpha value is -2.48. The molecule has 0 fully saturated rings. The standard InChI is InChI=1S/C12H10N2O5S/c1-7-13-5-9(20-7)6-19-8-2-3-11(14(17)18)10(4-8)12(15)16/h2-5H,6H2,1H3,(H,15,16). The number of nitro groups is 1. The molecular formula is C12H10N2O5S. The molecule has 0 saturated carbocycles. The van der Waals surface area contributed by atoms with Crippen molar-refractivity contribution < 1.29 is 19.6 Å².